The predicted octanol–water partition coefficient (Wildman–Crippen LogP) is 4.15. The molecule has 6 nitrogen and oxygen atoms in total. The molecule has 1 saturated heterocycles. The fraction of sp³-hybridized carbons (Fsp3) is 0.409. The average molecular weight is 380 g/mol. The number of aromatic amines is 1. The highest BCUT2D eigenvalue weighted by molar-refractivity contribution is 6.09. The van der Waals surface area contributed by atoms with Gasteiger partial charge in [0.1, 0.15) is 5.82 Å². The number of piperidine rings is 1. The van der Waals surface area contributed by atoms with Crippen molar-refractivity contribution >= 4 is 17.4 Å². The Morgan fingerprint density at radius 2 is 2.32 bits per heavy atom. The van der Waals surface area contributed by atoms with Crippen LogP contribution in [0.4, 0.5) is 5.82 Å². The van der Waals surface area contributed by atoms with E-state index in [2.05, 4.69) is 27.9 Å². The number of nitrogens with zero attached hydrogens (tertiary/aromatic N) is 3. The van der Waals surface area contributed by atoms with Gasteiger partial charge in [-0.05, 0) is 39.0 Å². The van der Waals surface area contributed by atoms with Gasteiger partial charge in [-0.1, -0.05) is 19.6 Å². The number of anilines is 1. The van der Waals surface area contributed by atoms with Gasteiger partial charge in [0.15, 0.2) is 0 Å². The molecule has 0 unspecified atom stereocenters. The van der Waals surface area contributed by atoms with E-state index in [4.69, 9.17) is 4.99 Å². The Hall–Kier alpha value is -2.89. The molecule has 2 aromatic heterocycles. The minimum Gasteiger partial charge on any atom is -0.348 e. The van der Waals surface area contributed by atoms with Crippen LogP contribution >= 0.6 is 0 Å². The number of pyridine rings is 1. The lowest BCUT2D eigenvalue weighted by Gasteiger charge is -2.31. The Morgan fingerprint density at radius 3 is 3.00 bits per heavy atom. The van der Waals surface area contributed by atoms with E-state index in [-0.39, 0.29) is 11.9 Å². The van der Waals surface area contributed by atoms with E-state index in [0.29, 0.717) is 13.0 Å². The SMILES string of the molecule is C=CNc1[nH]cc(-c2ccc(C)nc2)c1C(C)=N[C@@H]1CCCN(C(=O)CC)C1. The summed E-state index contributed by atoms with van der Waals surface area (Å²) in [5, 5.41) is 3.17. The Morgan fingerprint density at radius 1 is 1.50 bits per heavy atom. The molecule has 1 atom stereocenters. The number of carbonyl (C=O) groups is 1. The fourth-order valence-corrected chi connectivity index (χ4v) is 3.72. The summed E-state index contributed by atoms with van der Waals surface area (Å²) < 4.78 is 0. The minimum atomic E-state index is 0.125. The molecule has 0 saturated carbocycles. The van der Waals surface area contributed by atoms with Crippen LogP contribution in [0, 0.1) is 6.92 Å². The highest BCUT2D eigenvalue weighted by Crippen LogP contribution is 2.30. The molecule has 148 valence electrons. The third kappa shape index (κ3) is 4.32. The topological polar surface area (TPSA) is 73.4 Å². The number of hydrogen-bond acceptors (Lipinski definition) is 4. The molecule has 0 bridgehead atoms. The molecular weight excluding hydrogens is 350 g/mol. The van der Waals surface area contributed by atoms with Crippen molar-refractivity contribution in [3.8, 4) is 11.1 Å². The molecule has 1 aliphatic heterocycles. The maximum atomic E-state index is 12.1. The summed E-state index contributed by atoms with van der Waals surface area (Å²) in [5.41, 5.74) is 5.03. The zero-order valence-electron chi connectivity index (χ0n) is 17.0. The van der Waals surface area contributed by atoms with Crippen molar-refractivity contribution in [3.63, 3.8) is 0 Å². The van der Waals surface area contributed by atoms with Gasteiger partial charge in [-0.15, -0.1) is 0 Å². The van der Waals surface area contributed by atoms with Crippen LogP contribution in [0.3, 0.4) is 0 Å². The molecule has 0 aromatic carbocycles. The molecule has 3 heterocycles. The molecule has 0 aliphatic carbocycles. The van der Waals surface area contributed by atoms with Gasteiger partial charge in [0.05, 0.1) is 6.04 Å². The number of hydrogen-bond donors (Lipinski definition) is 2. The van der Waals surface area contributed by atoms with Gasteiger partial charge >= 0.3 is 0 Å². The smallest absolute Gasteiger partial charge is 0.222 e. The number of aliphatic imine (C=N–C) groups is 1. The maximum absolute atomic E-state index is 12.1. The van der Waals surface area contributed by atoms with Gasteiger partial charge in [-0.3, -0.25) is 14.8 Å². The number of likely N-dealkylation sites (tertiary alicyclic amines) is 1. The molecule has 1 amide bonds. The summed E-state index contributed by atoms with van der Waals surface area (Å²) in [6.45, 7) is 11.2. The monoisotopic (exact) mass is 379 g/mol. The molecule has 3 rings (SSSR count). The Kier molecular flexibility index (Phi) is 6.29. The number of H-pyrrole nitrogens is 1. The summed E-state index contributed by atoms with van der Waals surface area (Å²) in [4.78, 5) is 26.7. The van der Waals surface area contributed by atoms with Crippen molar-refractivity contribution in [2.24, 2.45) is 4.99 Å². The molecule has 0 spiro atoms. The third-order valence-corrected chi connectivity index (χ3v) is 5.14. The predicted molar refractivity (Wildman–Crippen MR) is 115 cm³/mol. The van der Waals surface area contributed by atoms with E-state index >= 15 is 0 Å². The van der Waals surface area contributed by atoms with E-state index < -0.39 is 0 Å². The summed E-state index contributed by atoms with van der Waals surface area (Å²) in [6.07, 6.45) is 8.05. The van der Waals surface area contributed by atoms with E-state index in [0.717, 1.165) is 53.3 Å². The number of rotatable bonds is 6. The van der Waals surface area contributed by atoms with E-state index in [1.54, 1.807) is 6.20 Å². The standard InChI is InChI=1S/C22H29N5O/c1-5-20(28)27-11-7-8-18(14-27)26-16(4)21-19(13-25-22(21)23-6-2)17-10-9-15(3)24-12-17/h6,9-10,12-13,18,23,25H,2,5,7-8,11,14H2,1,3-4H3/t18-/m1/s1. The Bertz CT molecular complexity index is 866. The molecule has 2 aromatic rings. The first-order chi connectivity index (χ1) is 13.5. The number of nitrogens with one attached hydrogen (secondary N) is 2. The first-order valence-electron chi connectivity index (χ1n) is 9.87. The second-order valence-corrected chi connectivity index (χ2v) is 7.19. The van der Waals surface area contributed by atoms with Crippen LogP contribution in [0.25, 0.3) is 11.1 Å². The van der Waals surface area contributed by atoms with Crippen LogP contribution in [0.2, 0.25) is 0 Å². The lowest BCUT2D eigenvalue weighted by molar-refractivity contribution is -0.131. The number of amides is 1. The summed E-state index contributed by atoms with van der Waals surface area (Å²) in [7, 11) is 0. The number of aryl methyl sites for hydroxylation is 1. The van der Waals surface area contributed by atoms with Crippen molar-refractivity contribution in [3.05, 3.63) is 48.6 Å². The fourth-order valence-electron chi connectivity index (χ4n) is 3.72. The molecule has 1 fully saturated rings. The van der Waals surface area contributed by atoms with Crippen molar-refractivity contribution in [1.82, 2.24) is 14.9 Å². The average Bonchev–Trinajstić information content (AvgIpc) is 3.12. The minimum absolute atomic E-state index is 0.125. The van der Waals surface area contributed by atoms with E-state index in [9.17, 15) is 4.79 Å². The van der Waals surface area contributed by atoms with Crippen molar-refractivity contribution in [1.29, 1.82) is 0 Å². The van der Waals surface area contributed by atoms with Gasteiger partial charge in [0.25, 0.3) is 0 Å². The largest absolute Gasteiger partial charge is 0.348 e. The van der Waals surface area contributed by atoms with Crippen LogP contribution in [-0.2, 0) is 4.79 Å². The van der Waals surface area contributed by atoms with Crippen LogP contribution < -0.4 is 5.32 Å². The highest BCUT2D eigenvalue weighted by Gasteiger charge is 2.23. The van der Waals surface area contributed by atoms with Gasteiger partial charge in [0.2, 0.25) is 5.91 Å². The molecule has 1 aliphatic rings. The van der Waals surface area contributed by atoms with Gasteiger partial charge in [-0.25, -0.2) is 0 Å². The third-order valence-electron chi connectivity index (χ3n) is 5.14. The normalized spacial score (nSPS) is 17.5. The second kappa shape index (κ2) is 8.87. The Labute approximate surface area is 166 Å². The van der Waals surface area contributed by atoms with E-state index in [1.807, 2.05) is 44.1 Å². The van der Waals surface area contributed by atoms with Crippen LogP contribution in [-0.4, -0.2) is 45.6 Å². The van der Waals surface area contributed by atoms with Crippen LogP contribution in [0.1, 0.15) is 44.4 Å². The lowest BCUT2D eigenvalue weighted by Crippen LogP contribution is -2.41. The van der Waals surface area contributed by atoms with Crippen molar-refractivity contribution < 1.29 is 4.79 Å². The number of aromatic nitrogens is 2. The Balaban J connectivity index is 1.93. The molecular formula is C22H29N5O. The molecule has 28 heavy (non-hydrogen) atoms. The van der Waals surface area contributed by atoms with E-state index in [1.165, 1.54) is 0 Å². The maximum Gasteiger partial charge on any atom is 0.222 e. The van der Waals surface area contributed by atoms with Crippen LogP contribution in [0.15, 0.2) is 42.3 Å². The molecule has 6 heteroatoms. The van der Waals surface area contributed by atoms with Gasteiger partial charge in [-0.2, -0.15) is 0 Å². The van der Waals surface area contributed by atoms with Gasteiger partial charge in [0, 0.05) is 60.0 Å². The zero-order valence-corrected chi connectivity index (χ0v) is 17.0. The van der Waals surface area contributed by atoms with Crippen LogP contribution in [0.5, 0.6) is 0 Å². The quantitative estimate of drug-likeness (QED) is 0.741. The number of carbonyl (C=O) groups excluding carboxylic acids is 1. The second-order valence-electron chi connectivity index (χ2n) is 7.19. The van der Waals surface area contributed by atoms with Gasteiger partial charge < -0.3 is 15.2 Å². The zero-order chi connectivity index (χ0) is 20.1. The summed E-state index contributed by atoms with van der Waals surface area (Å²) >= 11 is 0. The van der Waals surface area contributed by atoms with Crippen molar-refractivity contribution in [2.45, 2.75) is 46.1 Å². The first kappa shape index (κ1) is 19.9. The molecule has 0 radical (unpaired) electrons. The highest BCUT2D eigenvalue weighted by atomic mass is 16.2. The summed E-state index contributed by atoms with van der Waals surface area (Å²) in [6, 6.07) is 4.20. The van der Waals surface area contributed by atoms with Crippen molar-refractivity contribution in [2.75, 3.05) is 18.4 Å². The summed E-state index contributed by atoms with van der Waals surface area (Å²) in [5.74, 6) is 1.07. The lowest BCUT2D eigenvalue weighted by atomic mass is 10.0. The first-order valence-corrected chi connectivity index (χ1v) is 9.87. The molecule has 2 N–H and O–H groups in total.